The van der Waals surface area contributed by atoms with Gasteiger partial charge in [-0.25, -0.2) is 4.98 Å². The SMILES string of the molecule is Cc1ncsc1CCNC1CCCC(C)CC1. The van der Waals surface area contributed by atoms with Gasteiger partial charge >= 0.3 is 0 Å². The average molecular weight is 252 g/mol. The second-order valence-corrected chi connectivity index (χ2v) is 6.31. The minimum absolute atomic E-state index is 0.758. The molecule has 0 spiro atoms. The van der Waals surface area contributed by atoms with E-state index >= 15 is 0 Å². The molecule has 0 aromatic carbocycles. The quantitative estimate of drug-likeness (QED) is 0.829. The third-order valence-corrected chi connectivity index (χ3v) is 4.88. The van der Waals surface area contributed by atoms with Gasteiger partial charge in [-0.2, -0.15) is 0 Å². The highest BCUT2D eigenvalue weighted by Crippen LogP contribution is 2.22. The first-order valence-electron chi connectivity index (χ1n) is 6.88. The monoisotopic (exact) mass is 252 g/mol. The van der Waals surface area contributed by atoms with Crippen molar-refractivity contribution in [3.63, 3.8) is 0 Å². The molecular weight excluding hydrogens is 228 g/mol. The van der Waals surface area contributed by atoms with Crippen molar-refractivity contribution in [1.29, 1.82) is 0 Å². The van der Waals surface area contributed by atoms with Crippen molar-refractivity contribution in [2.24, 2.45) is 5.92 Å². The molecule has 0 saturated heterocycles. The van der Waals surface area contributed by atoms with Gasteiger partial charge in [0.1, 0.15) is 0 Å². The van der Waals surface area contributed by atoms with Crippen molar-refractivity contribution in [3.8, 4) is 0 Å². The van der Waals surface area contributed by atoms with Crippen molar-refractivity contribution in [3.05, 3.63) is 16.1 Å². The van der Waals surface area contributed by atoms with Gasteiger partial charge in [0.2, 0.25) is 0 Å². The Morgan fingerprint density at radius 1 is 1.35 bits per heavy atom. The molecule has 1 N–H and O–H groups in total. The predicted molar refractivity (Wildman–Crippen MR) is 74.6 cm³/mol. The van der Waals surface area contributed by atoms with Crippen LogP contribution < -0.4 is 5.32 Å². The average Bonchev–Trinajstić information content (AvgIpc) is 2.59. The summed E-state index contributed by atoms with van der Waals surface area (Å²) in [5, 5.41) is 3.73. The Morgan fingerprint density at radius 2 is 2.24 bits per heavy atom. The molecule has 0 bridgehead atoms. The minimum atomic E-state index is 0.758. The fourth-order valence-electron chi connectivity index (χ4n) is 2.65. The lowest BCUT2D eigenvalue weighted by Gasteiger charge is -2.16. The van der Waals surface area contributed by atoms with Crippen LogP contribution in [0.25, 0.3) is 0 Å². The van der Waals surface area contributed by atoms with Gasteiger partial charge in [-0.3, -0.25) is 0 Å². The summed E-state index contributed by atoms with van der Waals surface area (Å²) < 4.78 is 0. The van der Waals surface area contributed by atoms with Crippen LogP contribution in [0.15, 0.2) is 5.51 Å². The first kappa shape index (κ1) is 13.0. The highest BCUT2D eigenvalue weighted by molar-refractivity contribution is 7.09. The second-order valence-electron chi connectivity index (χ2n) is 5.38. The van der Waals surface area contributed by atoms with E-state index < -0.39 is 0 Å². The van der Waals surface area contributed by atoms with Gasteiger partial charge in [0.05, 0.1) is 11.2 Å². The zero-order valence-electron chi connectivity index (χ0n) is 11.0. The Hall–Kier alpha value is -0.410. The van der Waals surface area contributed by atoms with E-state index in [1.807, 2.05) is 5.51 Å². The van der Waals surface area contributed by atoms with E-state index in [0.29, 0.717) is 0 Å². The highest BCUT2D eigenvalue weighted by atomic mass is 32.1. The van der Waals surface area contributed by atoms with Crippen LogP contribution in [0.1, 0.15) is 49.6 Å². The molecule has 1 aliphatic carbocycles. The van der Waals surface area contributed by atoms with Gasteiger partial charge in [0.15, 0.2) is 0 Å². The van der Waals surface area contributed by atoms with E-state index in [4.69, 9.17) is 0 Å². The van der Waals surface area contributed by atoms with Crippen LogP contribution in [0.3, 0.4) is 0 Å². The number of nitrogens with zero attached hydrogens (tertiary/aromatic N) is 1. The van der Waals surface area contributed by atoms with Crippen molar-refractivity contribution in [2.45, 2.75) is 58.4 Å². The predicted octanol–water partition coefficient (Wildman–Crippen LogP) is 3.55. The summed E-state index contributed by atoms with van der Waals surface area (Å²) >= 11 is 1.79. The highest BCUT2D eigenvalue weighted by Gasteiger charge is 2.15. The summed E-state index contributed by atoms with van der Waals surface area (Å²) in [5.74, 6) is 0.936. The lowest BCUT2D eigenvalue weighted by molar-refractivity contribution is 0.451. The fourth-order valence-corrected chi connectivity index (χ4v) is 3.43. The van der Waals surface area contributed by atoms with Gasteiger partial charge in [-0.15, -0.1) is 11.3 Å². The maximum absolute atomic E-state index is 4.30. The molecule has 0 radical (unpaired) electrons. The second kappa shape index (κ2) is 6.50. The van der Waals surface area contributed by atoms with E-state index in [0.717, 1.165) is 24.9 Å². The van der Waals surface area contributed by atoms with E-state index in [9.17, 15) is 0 Å². The molecule has 2 atom stereocenters. The van der Waals surface area contributed by atoms with Crippen molar-refractivity contribution >= 4 is 11.3 Å². The number of rotatable bonds is 4. The number of nitrogens with one attached hydrogen (secondary N) is 1. The Labute approximate surface area is 109 Å². The molecule has 2 unspecified atom stereocenters. The number of hydrogen-bond donors (Lipinski definition) is 1. The van der Waals surface area contributed by atoms with Gasteiger partial charge in [-0.1, -0.05) is 19.8 Å². The lowest BCUT2D eigenvalue weighted by atomic mass is 10.0. The van der Waals surface area contributed by atoms with Crippen molar-refractivity contribution in [1.82, 2.24) is 10.3 Å². The van der Waals surface area contributed by atoms with Gasteiger partial charge in [0, 0.05) is 17.5 Å². The van der Waals surface area contributed by atoms with E-state index in [-0.39, 0.29) is 0 Å². The first-order valence-corrected chi connectivity index (χ1v) is 7.76. The first-order chi connectivity index (χ1) is 8.25. The summed E-state index contributed by atoms with van der Waals surface area (Å²) in [5.41, 5.74) is 3.17. The van der Waals surface area contributed by atoms with Crippen LogP contribution in [-0.2, 0) is 6.42 Å². The van der Waals surface area contributed by atoms with Crippen LogP contribution in [0.4, 0.5) is 0 Å². The Bertz CT molecular complexity index is 335. The minimum Gasteiger partial charge on any atom is -0.314 e. The third kappa shape index (κ3) is 4.07. The molecular formula is C14H24N2S. The number of thiazole rings is 1. The van der Waals surface area contributed by atoms with Crippen LogP contribution >= 0.6 is 11.3 Å². The van der Waals surface area contributed by atoms with Crippen LogP contribution in [0.5, 0.6) is 0 Å². The molecule has 17 heavy (non-hydrogen) atoms. The van der Waals surface area contributed by atoms with Crippen LogP contribution in [0, 0.1) is 12.8 Å². The maximum atomic E-state index is 4.30. The lowest BCUT2D eigenvalue weighted by Crippen LogP contribution is -2.30. The molecule has 96 valence electrons. The summed E-state index contributed by atoms with van der Waals surface area (Å²) in [4.78, 5) is 5.74. The molecule has 1 aromatic rings. The summed E-state index contributed by atoms with van der Waals surface area (Å²) in [7, 11) is 0. The zero-order valence-corrected chi connectivity index (χ0v) is 11.9. The molecule has 1 heterocycles. The summed E-state index contributed by atoms with van der Waals surface area (Å²) in [6, 6.07) is 0.758. The topological polar surface area (TPSA) is 24.9 Å². The number of aromatic nitrogens is 1. The number of hydrogen-bond acceptors (Lipinski definition) is 3. The van der Waals surface area contributed by atoms with Gasteiger partial charge in [-0.05, 0) is 38.5 Å². The Kier molecular flexibility index (Phi) is 4.99. The molecule has 1 aliphatic rings. The summed E-state index contributed by atoms with van der Waals surface area (Å²) in [6.45, 7) is 5.62. The molecule has 2 rings (SSSR count). The summed E-state index contributed by atoms with van der Waals surface area (Å²) in [6.07, 6.45) is 8.10. The van der Waals surface area contributed by atoms with E-state index in [2.05, 4.69) is 24.1 Å². The molecule has 0 amide bonds. The molecule has 1 aromatic heterocycles. The largest absolute Gasteiger partial charge is 0.314 e. The Morgan fingerprint density at radius 3 is 3.00 bits per heavy atom. The van der Waals surface area contributed by atoms with Crippen LogP contribution in [-0.4, -0.2) is 17.6 Å². The standard InChI is InChI=1S/C14H24N2S/c1-11-4-3-5-13(7-6-11)15-9-8-14-12(2)16-10-17-14/h10-11,13,15H,3-9H2,1-2H3. The van der Waals surface area contributed by atoms with E-state index in [1.54, 1.807) is 11.3 Å². The van der Waals surface area contributed by atoms with Crippen molar-refractivity contribution in [2.75, 3.05) is 6.54 Å². The van der Waals surface area contributed by atoms with Gasteiger partial charge < -0.3 is 5.32 Å². The molecule has 3 heteroatoms. The molecule has 0 aliphatic heterocycles. The maximum Gasteiger partial charge on any atom is 0.0797 e. The molecule has 2 nitrogen and oxygen atoms in total. The van der Waals surface area contributed by atoms with Crippen LogP contribution in [0.2, 0.25) is 0 Å². The molecule has 1 fully saturated rings. The van der Waals surface area contributed by atoms with Gasteiger partial charge in [0.25, 0.3) is 0 Å². The fraction of sp³-hybridized carbons (Fsp3) is 0.786. The normalized spacial score (nSPS) is 25.8. The Balaban J connectivity index is 1.69. The number of aryl methyl sites for hydroxylation is 1. The van der Waals surface area contributed by atoms with Crippen molar-refractivity contribution < 1.29 is 0 Å². The molecule has 1 saturated carbocycles. The third-order valence-electron chi connectivity index (χ3n) is 3.89. The smallest absolute Gasteiger partial charge is 0.0797 e. The van der Waals surface area contributed by atoms with E-state index in [1.165, 1.54) is 42.7 Å². The zero-order chi connectivity index (χ0) is 12.1.